The second kappa shape index (κ2) is 7.88. The number of esters is 3. The maximum atomic E-state index is 13.1. The highest BCUT2D eigenvalue weighted by molar-refractivity contribution is 6.01. The zero-order chi connectivity index (χ0) is 19.5. The van der Waals surface area contributed by atoms with E-state index in [-0.39, 0.29) is 18.7 Å². The van der Waals surface area contributed by atoms with Crippen LogP contribution in [0.15, 0.2) is 12.7 Å². The molecular weight excluding hydrogens is 342 g/mol. The number of amides is 1. The number of hydrogen-bond donors (Lipinski definition) is 0. The highest BCUT2D eigenvalue weighted by Gasteiger charge is 2.59. The Morgan fingerprint density at radius 3 is 2.15 bits per heavy atom. The predicted octanol–water partition coefficient (Wildman–Crippen LogP) is 0.695. The fourth-order valence-electron chi connectivity index (χ4n) is 4.10. The Labute approximate surface area is 152 Å². The van der Waals surface area contributed by atoms with E-state index in [1.165, 1.54) is 26.2 Å². The summed E-state index contributed by atoms with van der Waals surface area (Å²) in [5, 5.41) is 0. The molecule has 2 rings (SSSR count). The van der Waals surface area contributed by atoms with Crippen molar-refractivity contribution < 1.29 is 33.4 Å². The van der Waals surface area contributed by atoms with Crippen molar-refractivity contribution in [1.82, 2.24) is 4.90 Å². The van der Waals surface area contributed by atoms with E-state index in [9.17, 15) is 19.2 Å². The van der Waals surface area contributed by atoms with Gasteiger partial charge < -0.3 is 19.1 Å². The zero-order valence-electron chi connectivity index (χ0n) is 15.4. The van der Waals surface area contributed by atoms with Gasteiger partial charge in [-0.1, -0.05) is 6.08 Å². The molecule has 1 heterocycles. The number of allylic oxidation sites excluding steroid dienone is 1. The number of hydrogen-bond acceptors (Lipinski definition) is 7. The largest absolute Gasteiger partial charge is 0.468 e. The minimum Gasteiger partial charge on any atom is -0.468 e. The Balaban J connectivity index is 2.32. The molecule has 0 aromatic rings. The monoisotopic (exact) mass is 367 g/mol. The molecule has 1 aliphatic heterocycles. The Bertz CT molecular complexity index is 599. The summed E-state index contributed by atoms with van der Waals surface area (Å²) in [4.78, 5) is 51.3. The normalized spacial score (nSPS) is 26.9. The van der Waals surface area contributed by atoms with Crippen LogP contribution >= 0.6 is 0 Å². The van der Waals surface area contributed by atoms with Crippen molar-refractivity contribution in [2.45, 2.75) is 31.7 Å². The summed E-state index contributed by atoms with van der Waals surface area (Å²) in [6.07, 6.45) is 2.84. The first-order chi connectivity index (χ1) is 12.4. The highest BCUT2D eigenvalue weighted by atomic mass is 16.5. The van der Waals surface area contributed by atoms with Crippen LogP contribution < -0.4 is 0 Å². The predicted molar refractivity (Wildman–Crippen MR) is 89.6 cm³/mol. The van der Waals surface area contributed by atoms with Crippen LogP contribution in [0.1, 0.15) is 25.7 Å². The molecule has 0 N–H and O–H groups in total. The smallest absolute Gasteiger partial charge is 0.328 e. The number of carbonyl (C=O) groups is 4. The van der Waals surface area contributed by atoms with Crippen LogP contribution in [-0.4, -0.2) is 62.6 Å². The third-order valence-corrected chi connectivity index (χ3v) is 5.45. The summed E-state index contributed by atoms with van der Waals surface area (Å²) >= 11 is 0. The van der Waals surface area contributed by atoms with Gasteiger partial charge in [-0.3, -0.25) is 14.4 Å². The van der Waals surface area contributed by atoms with Gasteiger partial charge in [0.1, 0.15) is 6.04 Å². The molecule has 1 aliphatic carbocycles. The molecule has 1 amide bonds. The first kappa shape index (κ1) is 19.9. The van der Waals surface area contributed by atoms with Gasteiger partial charge >= 0.3 is 17.9 Å². The molecule has 3 atom stereocenters. The van der Waals surface area contributed by atoms with Gasteiger partial charge in [0.15, 0.2) is 5.41 Å². The van der Waals surface area contributed by atoms with Gasteiger partial charge in [-0.15, -0.1) is 6.58 Å². The van der Waals surface area contributed by atoms with Crippen molar-refractivity contribution in [3.63, 3.8) is 0 Å². The number of carbonyl (C=O) groups excluding carboxylic acids is 4. The minimum absolute atomic E-state index is 0.0355. The first-order valence-electron chi connectivity index (χ1n) is 8.54. The molecule has 2 aliphatic rings. The standard InChI is InChI=1S/C18H25NO7/c1-5-11-9-18(16(22)25-3,17(23)26-4)10-12(11)14(20)19-8-6-7-13(19)15(21)24-2/h5,11-13H,1,6-10H2,2-4H3/t11-,12-,13?/m1/s1. The average Bonchev–Trinajstić information content (AvgIpc) is 3.31. The highest BCUT2D eigenvalue weighted by Crippen LogP contribution is 2.49. The summed E-state index contributed by atoms with van der Waals surface area (Å²) in [5.41, 5.74) is -1.54. The van der Waals surface area contributed by atoms with E-state index < -0.39 is 41.2 Å². The van der Waals surface area contributed by atoms with Crippen LogP contribution in [0.25, 0.3) is 0 Å². The van der Waals surface area contributed by atoms with Crippen molar-refractivity contribution in [1.29, 1.82) is 0 Å². The van der Waals surface area contributed by atoms with Gasteiger partial charge in [0.25, 0.3) is 0 Å². The van der Waals surface area contributed by atoms with E-state index in [0.717, 1.165) is 0 Å². The van der Waals surface area contributed by atoms with Crippen molar-refractivity contribution in [2.75, 3.05) is 27.9 Å². The van der Waals surface area contributed by atoms with Gasteiger partial charge in [0, 0.05) is 12.5 Å². The molecule has 2 fully saturated rings. The summed E-state index contributed by atoms with van der Waals surface area (Å²) < 4.78 is 14.4. The van der Waals surface area contributed by atoms with Crippen molar-refractivity contribution in [3.05, 3.63) is 12.7 Å². The lowest BCUT2D eigenvalue weighted by Gasteiger charge is -2.28. The Kier molecular flexibility index (Phi) is 6.05. The van der Waals surface area contributed by atoms with Gasteiger partial charge in [0.2, 0.25) is 5.91 Å². The molecule has 0 aromatic carbocycles. The molecule has 8 heteroatoms. The van der Waals surface area contributed by atoms with Gasteiger partial charge in [-0.25, -0.2) is 4.79 Å². The van der Waals surface area contributed by atoms with E-state index in [4.69, 9.17) is 14.2 Å². The zero-order valence-corrected chi connectivity index (χ0v) is 15.4. The molecule has 0 spiro atoms. The van der Waals surface area contributed by atoms with Crippen LogP contribution in [0.2, 0.25) is 0 Å². The molecule has 0 radical (unpaired) electrons. The summed E-state index contributed by atoms with van der Waals surface area (Å²) in [5.74, 6) is -3.25. The maximum Gasteiger partial charge on any atom is 0.328 e. The third-order valence-electron chi connectivity index (χ3n) is 5.45. The SMILES string of the molecule is C=C[C@@H]1CC(C(=O)OC)(C(=O)OC)C[C@H]1C(=O)N1CCCC1C(=O)OC. The van der Waals surface area contributed by atoms with E-state index in [0.29, 0.717) is 19.4 Å². The Morgan fingerprint density at radius 1 is 1.04 bits per heavy atom. The lowest BCUT2D eigenvalue weighted by Crippen LogP contribution is -2.45. The molecule has 26 heavy (non-hydrogen) atoms. The number of ether oxygens (including phenoxy) is 3. The fourth-order valence-corrected chi connectivity index (χ4v) is 4.10. The second-order valence-electron chi connectivity index (χ2n) is 6.69. The molecule has 1 unspecified atom stereocenters. The number of nitrogens with zero attached hydrogens (tertiary/aromatic N) is 1. The summed E-state index contributed by atoms with van der Waals surface area (Å²) in [7, 11) is 3.67. The van der Waals surface area contributed by atoms with Crippen LogP contribution in [0.4, 0.5) is 0 Å². The van der Waals surface area contributed by atoms with E-state index in [2.05, 4.69) is 6.58 Å². The second-order valence-corrected chi connectivity index (χ2v) is 6.69. The first-order valence-corrected chi connectivity index (χ1v) is 8.54. The average molecular weight is 367 g/mol. The summed E-state index contributed by atoms with van der Waals surface area (Å²) in [6, 6.07) is -0.635. The van der Waals surface area contributed by atoms with Crippen LogP contribution in [-0.2, 0) is 33.4 Å². The van der Waals surface area contributed by atoms with Gasteiger partial charge in [0.05, 0.1) is 21.3 Å². The van der Waals surface area contributed by atoms with E-state index >= 15 is 0 Å². The van der Waals surface area contributed by atoms with Crippen LogP contribution in [0.3, 0.4) is 0 Å². The van der Waals surface area contributed by atoms with Crippen molar-refractivity contribution >= 4 is 23.8 Å². The van der Waals surface area contributed by atoms with Crippen LogP contribution in [0.5, 0.6) is 0 Å². The van der Waals surface area contributed by atoms with Gasteiger partial charge in [-0.05, 0) is 31.6 Å². The quantitative estimate of drug-likeness (QED) is 0.305. The Morgan fingerprint density at radius 2 is 1.65 bits per heavy atom. The molecule has 144 valence electrons. The van der Waals surface area contributed by atoms with E-state index in [1.807, 2.05) is 0 Å². The summed E-state index contributed by atoms with van der Waals surface area (Å²) in [6.45, 7) is 4.17. The Hall–Kier alpha value is -2.38. The fraction of sp³-hybridized carbons (Fsp3) is 0.667. The molecule has 0 aromatic heterocycles. The topological polar surface area (TPSA) is 99.2 Å². The van der Waals surface area contributed by atoms with Crippen molar-refractivity contribution in [2.24, 2.45) is 17.3 Å². The van der Waals surface area contributed by atoms with Gasteiger partial charge in [-0.2, -0.15) is 0 Å². The number of rotatable bonds is 5. The third kappa shape index (κ3) is 3.20. The molecule has 8 nitrogen and oxygen atoms in total. The number of likely N-dealkylation sites (tertiary alicyclic amines) is 1. The van der Waals surface area contributed by atoms with E-state index in [1.54, 1.807) is 6.08 Å². The van der Waals surface area contributed by atoms with Crippen LogP contribution in [0, 0.1) is 17.3 Å². The van der Waals surface area contributed by atoms with Crippen molar-refractivity contribution in [3.8, 4) is 0 Å². The number of methoxy groups -OCH3 is 3. The molecular formula is C18H25NO7. The molecule has 0 bridgehead atoms. The maximum absolute atomic E-state index is 13.1. The minimum atomic E-state index is -1.54. The lowest BCUT2D eigenvalue weighted by atomic mass is 9.85. The molecule has 1 saturated heterocycles. The lowest BCUT2D eigenvalue weighted by molar-refractivity contribution is -0.169. The molecule has 1 saturated carbocycles.